The first-order valence-electron chi connectivity index (χ1n) is 9.16. The molecule has 0 bridgehead atoms. The van der Waals surface area contributed by atoms with Gasteiger partial charge in [0.2, 0.25) is 5.91 Å². The van der Waals surface area contributed by atoms with E-state index >= 15 is 0 Å². The van der Waals surface area contributed by atoms with Crippen LogP contribution in [0.15, 0.2) is 48.5 Å². The molecule has 0 N–H and O–H groups in total. The summed E-state index contributed by atoms with van der Waals surface area (Å²) in [5, 5.41) is 11.1. The average Bonchev–Trinajstić information content (AvgIpc) is 2.70. The zero-order valence-corrected chi connectivity index (χ0v) is 15.9. The number of nitro benzene ring substituents is 1. The third-order valence-corrected chi connectivity index (χ3v) is 4.32. The first kappa shape index (κ1) is 21.1. The van der Waals surface area contributed by atoms with Gasteiger partial charge in [-0.15, -0.1) is 0 Å². The van der Waals surface area contributed by atoms with Crippen LogP contribution in [0.5, 0.6) is 5.75 Å². The van der Waals surface area contributed by atoms with Crippen molar-refractivity contribution >= 4 is 17.9 Å². The fourth-order valence-corrected chi connectivity index (χ4v) is 2.82. The number of nitrogens with zero attached hydrogens (tertiary/aromatic N) is 2. The van der Waals surface area contributed by atoms with Crippen LogP contribution in [0.4, 0.5) is 5.69 Å². The lowest BCUT2D eigenvalue weighted by Crippen LogP contribution is -2.25. The van der Waals surface area contributed by atoms with Gasteiger partial charge in [-0.3, -0.25) is 19.7 Å². The van der Waals surface area contributed by atoms with E-state index in [-0.39, 0.29) is 29.5 Å². The molecule has 0 saturated heterocycles. The van der Waals surface area contributed by atoms with Crippen LogP contribution in [0.3, 0.4) is 0 Å². The average molecular weight is 384 g/mol. The van der Waals surface area contributed by atoms with Gasteiger partial charge in [0, 0.05) is 20.0 Å². The van der Waals surface area contributed by atoms with Crippen LogP contribution in [0.2, 0.25) is 0 Å². The summed E-state index contributed by atoms with van der Waals surface area (Å²) in [5.74, 6) is 0.173. The van der Waals surface area contributed by atoms with Gasteiger partial charge in [-0.2, -0.15) is 0 Å². The van der Waals surface area contributed by atoms with E-state index in [1.54, 1.807) is 18.0 Å². The molecule has 0 unspecified atom stereocenters. The predicted molar refractivity (Wildman–Crippen MR) is 105 cm³/mol. The summed E-state index contributed by atoms with van der Waals surface area (Å²) in [5.41, 5.74) is 0.774. The van der Waals surface area contributed by atoms with Crippen LogP contribution in [0.1, 0.15) is 41.6 Å². The van der Waals surface area contributed by atoms with Crippen LogP contribution in [-0.2, 0) is 11.3 Å². The molecule has 7 nitrogen and oxygen atoms in total. The molecular weight excluding hydrogens is 360 g/mol. The minimum atomic E-state index is -0.611. The van der Waals surface area contributed by atoms with Crippen LogP contribution >= 0.6 is 0 Å². The number of carbonyl (C=O) groups is 2. The Labute approximate surface area is 164 Å². The minimum absolute atomic E-state index is 0.00505. The van der Waals surface area contributed by atoms with Gasteiger partial charge in [-0.05, 0) is 37.0 Å². The molecule has 1 amide bonds. The second-order valence-corrected chi connectivity index (χ2v) is 6.46. The van der Waals surface area contributed by atoms with Crippen molar-refractivity contribution in [2.24, 2.45) is 0 Å². The number of hydrogen-bond donors (Lipinski definition) is 0. The molecule has 2 aromatic carbocycles. The lowest BCUT2D eigenvalue weighted by atomic mass is 10.1. The number of unbranched alkanes of at least 4 members (excludes halogenated alkanes) is 2. The van der Waals surface area contributed by atoms with Gasteiger partial charge >= 0.3 is 5.69 Å². The molecule has 0 fully saturated rings. The predicted octanol–water partition coefficient (Wildman–Crippen LogP) is 4.01. The van der Waals surface area contributed by atoms with E-state index in [2.05, 4.69) is 0 Å². The second kappa shape index (κ2) is 10.8. The number of amides is 1. The highest BCUT2D eigenvalue weighted by molar-refractivity contribution is 5.83. The fourth-order valence-electron chi connectivity index (χ4n) is 2.82. The molecule has 0 aromatic heterocycles. The molecule has 148 valence electrons. The van der Waals surface area contributed by atoms with Crippen LogP contribution in [-0.4, -0.2) is 35.7 Å². The van der Waals surface area contributed by atoms with Crippen LogP contribution in [0, 0.1) is 10.1 Å². The monoisotopic (exact) mass is 384 g/mol. The normalized spacial score (nSPS) is 10.3. The minimum Gasteiger partial charge on any atom is -0.487 e. The number of nitro groups is 1. The van der Waals surface area contributed by atoms with Gasteiger partial charge in [-0.25, -0.2) is 0 Å². The SMILES string of the molecule is CN(Cc1ccccc1)C(=O)CCCCCOc1cccc(C=O)c1[N+](=O)[O-]. The lowest BCUT2D eigenvalue weighted by molar-refractivity contribution is -0.386. The van der Waals surface area contributed by atoms with Crippen LogP contribution in [0.25, 0.3) is 0 Å². The summed E-state index contributed by atoms with van der Waals surface area (Å²) >= 11 is 0. The van der Waals surface area contributed by atoms with Crippen molar-refractivity contribution in [2.45, 2.75) is 32.2 Å². The summed E-state index contributed by atoms with van der Waals surface area (Å²) < 4.78 is 5.48. The molecule has 0 aliphatic rings. The Hall–Kier alpha value is -3.22. The van der Waals surface area contributed by atoms with Crippen LogP contribution < -0.4 is 4.74 Å². The molecule has 0 heterocycles. The molecular formula is C21H24N2O5. The Morgan fingerprint density at radius 1 is 1.11 bits per heavy atom. The van der Waals surface area contributed by atoms with Crippen molar-refractivity contribution in [1.29, 1.82) is 0 Å². The molecule has 2 aromatic rings. The summed E-state index contributed by atoms with van der Waals surface area (Å²) in [6.45, 7) is 0.872. The number of para-hydroxylation sites is 1. The van der Waals surface area contributed by atoms with Crippen molar-refractivity contribution < 1.29 is 19.2 Å². The van der Waals surface area contributed by atoms with E-state index in [0.717, 1.165) is 18.4 Å². The maximum Gasteiger partial charge on any atom is 0.321 e. The van der Waals surface area contributed by atoms with E-state index in [9.17, 15) is 19.7 Å². The Balaban J connectivity index is 1.70. The number of ether oxygens (including phenoxy) is 1. The highest BCUT2D eigenvalue weighted by atomic mass is 16.6. The van der Waals surface area contributed by atoms with Gasteiger partial charge in [-0.1, -0.05) is 36.4 Å². The summed E-state index contributed by atoms with van der Waals surface area (Å²) in [6, 6.07) is 14.2. The maximum atomic E-state index is 12.2. The Morgan fingerprint density at radius 3 is 2.54 bits per heavy atom. The van der Waals surface area contributed by atoms with Crippen molar-refractivity contribution in [3.8, 4) is 5.75 Å². The summed E-state index contributed by atoms with van der Waals surface area (Å²) in [6.07, 6.45) is 3.05. The molecule has 7 heteroatoms. The standard InChI is InChI=1S/C21H24N2O5/c1-22(15-17-9-4-2-5-10-17)20(25)13-6-3-7-14-28-19-12-8-11-18(16-24)21(19)23(26)27/h2,4-5,8-12,16H,3,6-7,13-15H2,1H3. The smallest absolute Gasteiger partial charge is 0.321 e. The van der Waals surface area contributed by atoms with E-state index in [4.69, 9.17) is 4.74 Å². The van der Waals surface area contributed by atoms with Gasteiger partial charge < -0.3 is 9.64 Å². The molecule has 2 rings (SSSR count). The highest BCUT2D eigenvalue weighted by Crippen LogP contribution is 2.29. The lowest BCUT2D eigenvalue weighted by Gasteiger charge is -2.17. The van der Waals surface area contributed by atoms with Gasteiger partial charge in [0.15, 0.2) is 12.0 Å². The third-order valence-electron chi connectivity index (χ3n) is 4.32. The van der Waals surface area contributed by atoms with Crippen molar-refractivity contribution in [3.63, 3.8) is 0 Å². The molecule has 0 aliphatic carbocycles. The molecule has 0 saturated carbocycles. The molecule has 0 atom stereocenters. The number of hydrogen-bond acceptors (Lipinski definition) is 5. The van der Waals surface area contributed by atoms with Crippen molar-refractivity contribution in [2.75, 3.05) is 13.7 Å². The maximum absolute atomic E-state index is 12.2. The first-order chi connectivity index (χ1) is 13.5. The number of benzene rings is 2. The van der Waals surface area contributed by atoms with E-state index in [0.29, 0.717) is 25.7 Å². The van der Waals surface area contributed by atoms with Gasteiger partial charge in [0.1, 0.15) is 0 Å². The Morgan fingerprint density at radius 2 is 1.86 bits per heavy atom. The van der Waals surface area contributed by atoms with Crippen molar-refractivity contribution in [1.82, 2.24) is 4.90 Å². The second-order valence-electron chi connectivity index (χ2n) is 6.46. The fraction of sp³-hybridized carbons (Fsp3) is 0.333. The number of carbonyl (C=O) groups excluding carboxylic acids is 2. The molecule has 0 spiro atoms. The topological polar surface area (TPSA) is 89.8 Å². The molecule has 0 radical (unpaired) electrons. The largest absolute Gasteiger partial charge is 0.487 e. The Kier molecular flexibility index (Phi) is 8.14. The summed E-state index contributed by atoms with van der Waals surface area (Å²) in [4.78, 5) is 35.3. The molecule has 28 heavy (non-hydrogen) atoms. The van der Waals surface area contributed by atoms with E-state index < -0.39 is 4.92 Å². The Bertz CT molecular complexity index is 808. The summed E-state index contributed by atoms with van der Waals surface area (Å²) in [7, 11) is 1.79. The number of aldehydes is 1. The highest BCUT2D eigenvalue weighted by Gasteiger charge is 2.20. The van der Waals surface area contributed by atoms with E-state index in [1.165, 1.54) is 12.1 Å². The van der Waals surface area contributed by atoms with Crippen molar-refractivity contribution in [3.05, 3.63) is 69.8 Å². The zero-order valence-electron chi connectivity index (χ0n) is 15.9. The zero-order chi connectivity index (χ0) is 20.4. The first-order valence-corrected chi connectivity index (χ1v) is 9.16. The van der Waals surface area contributed by atoms with Gasteiger partial charge in [0.25, 0.3) is 0 Å². The number of rotatable bonds is 11. The molecule has 0 aliphatic heterocycles. The van der Waals surface area contributed by atoms with Gasteiger partial charge in [0.05, 0.1) is 17.1 Å². The quantitative estimate of drug-likeness (QED) is 0.253. The third kappa shape index (κ3) is 6.19. The van der Waals surface area contributed by atoms with E-state index in [1.807, 2.05) is 30.3 Å².